The van der Waals surface area contributed by atoms with Crippen LogP contribution in [0.4, 0.5) is 0 Å². The molecule has 0 saturated heterocycles. The number of thiophene rings is 1. The Labute approximate surface area is 135 Å². The van der Waals surface area contributed by atoms with Crippen molar-refractivity contribution in [2.45, 2.75) is 25.9 Å². The minimum Gasteiger partial charge on any atom is -0.375 e. The monoisotopic (exact) mass is 318 g/mol. The van der Waals surface area contributed by atoms with Crippen LogP contribution in [0.2, 0.25) is 0 Å². The Kier molecular flexibility index (Phi) is 4.71. The fourth-order valence-corrected chi connectivity index (χ4v) is 3.84. The molecule has 22 heavy (non-hydrogen) atoms. The highest BCUT2D eigenvalue weighted by molar-refractivity contribution is 7.11. The average Bonchev–Trinajstić information content (AvgIpc) is 3.08. The zero-order valence-corrected chi connectivity index (χ0v) is 14.0. The largest absolute Gasteiger partial charge is 0.375 e. The Morgan fingerprint density at radius 3 is 3.09 bits per heavy atom. The summed E-state index contributed by atoms with van der Waals surface area (Å²) in [7, 11) is 1.96. The molecule has 0 saturated carbocycles. The minimum atomic E-state index is 0.166. The van der Waals surface area contributed by atoms with Gasteiger partial charge < -0.3 is 4.74 Å². The SMILES string of the molecule is C=CCOC[C@@H]1c2nnn(C)c2CCN1Cc1ccc(C)s1. The van der Waals surface area contributed by atoms with E-state index in [4.69, 9.17) is 4.74 Å². The van der Waals surface area contributed by atoms with Crippen LogP contribution in [0.25, 0.3) is 0 Å². The van der Waals surface area contributed by atoms with Gasteiger partial charge in [0.1, 0.15) is 5.69 Å². The number of hydrogen-bond donors (Lipinski definition) is 0. The molecular formula is C16H22N4OS. The number of hydrogen-bond acceptors (Lipinski definition) is 5. The Morgan fingerprint density at radius 2 is 2.36 bits per heavy atom. The van der Waals surface area contributed by atoms with Gasteiger partial charge in [-0.15, -0.1) is 23.0 Å². The van der Waals surface area contributed by atoms with E-state index in [0.29, 0.717) is 13.2 Å². The molecule has 3 rings (SSSR count). The third-order valence-electron chi connectivity index (χ3n) is 4.03. The predicted octanol–water partition coefficient (Wildman–Crippen LogP) is 2.49. The Morgan fingerprint density at radius 1 is 1.50 bits per heavy atom. The van der Waals surface area contributed by atoms with Crippen molar-refractivity contribution < 1.29 is 4.74 Å². The van der Waals surface area contributed by atoms with Gasteiger partial charge in [-0.3, -0.25) is 9.58 Å². The zero-order chi connectivity index (χ0) is 15.5. The molecule has 0 radical (unpaired) electrons. The molecule has 6 heteroatoms. The lowest BCUT2D eigenvalue weighted by atomic mass is 10.0. The first kappa shape index (κ1) is 15.4. The summed E-state index contributed by atoms with van der Waals surface area (Å²) in [4.78, 5) is 5.19. The molecule has 1 atom stereocenters. The van der Waals surface area contributed by atoms with Crippen molar-refractivity contribution in [3.05, 3.63) is 45.9 Å². The maximum Gasteiger partial charge on any atom is 0.105 e. The van der Waals surface area contributed by atoms with Crippen LogP contribution in [0.3, 0.4) is 0 Å². The van der Waals surface area contributed by atoms with Gasteiger partial charge in [-0.1, -0.05) is 11.3 Å². The quantitative estimate of drug-likeness (QED) is 0.606. The van der Waals surface area contributed by atoms with E-state index in [2.05, 4.69) is 40.8 Å². The maximum absolute atomic E-state index is 5.73. The van der Waals surface area contributed by atoms with Crippen molar-refractivity contribution in [3.8, 4) is 0 Å². The fourth-order valence-electron chi connectivity index (χ4n) is 2.93. The summed E-state index contributed by atoms with van der Waals surface area (Å²) in [6.45, 7) is 9.00. The predicted molar refractivity (Wildman–Crippen MR) is 87.9 cm³/mol. The van der Waals surface area contributed by atoms with Crippen molar-refractivity contribution in [3.63, 3.8) is 0 Å². The van der Waals surface area contributed by atoms with E-state index in [0.717, 1.165) is 25.2 Å². The summed E-state index contributed by atoms with van der Waals surface area (Å²) in [5, 5.41) is 8.57. The van der Waals surface area contributed by atoms with E-state index in [1.165, 1.54) is 15.4 Å². The summed E-state index contributed by atoms with van der Waals surface area (Å²) in [6, 6.07) is 4.56. The first-order chi connectivity index (χ1) is 10.7. The zero-order valence-electron chi connectivity index (χ0n) is 13.2. The van der Waals surface area contributed by atoms with Gasteiger partial charge in [0.2, 0.25) is 0 Å². The fraction of sp³-hybridized carbons (Fsp3) is 0.500. The van der Waals surface area contributed by atoms with Gasteiger partial charge in [0, 0.05) is 36.3 Å². The second-order valence-corrected chi connectivity index (χ2v) is 6.99. The molecule has 0 unspecified atom stereocenters. The van der Waals surface area contributed by atoms with Crippen molar-refractivity contribution in [2.24, 2.45) is 7.05 Å². The van der Waals surface area contributed by atoms with Gasteiger partial charge in [0.25, 0.3) is 0 Å². The number of ether oxygens (including phenoxy) is 1. The Bertz CT molecular complexity index is 648. The lowest BCUT2D eigenvalue weighted by molar-refractivity contribution is 0.0605. The van der Waals surface area contributed by atoms with E-state index in [-0.39, 0.29) is 6.04 Å². The van der Waals surface area contributed by atoms with Crippen LogP contribution in [-0.4, -0.2) is 39.7 Å². The lowest BCUT2D eigenvalue weighted by Gasteiger charge is -2.34. The van der Waals surface area contributed by atoms with Crippen molar-refractivity contribution >= 4 is 11.3 Å². The second-order valence-electron chi connectivity index (χ2n) is 5.62. The van der Waals surface area contributed by atoms with Crippen LogP contribution >= 0.6 is 11.3 Å². The van der Waals surface area contributed by atoms with Gasteiger partial charge in [0.15, 0.2) is 0 Å². The number of fused-ring (bicyclic) bond motifs is 1. The maximum atomic E-state index is 5.73. The second kappa shape index (κ2) is 6.73. The molecule has 2 aromatic heterocycles. The van der Waals surface area contributed by atoms with E-state index >= 15 is 0 Å². The number of aryl methyl sites for hydroxylation is 2. The molecule has 0 aromatic carbocycles. The average molecular weight is 318 g/mol. The highest BCUT2D eigenvalue weighted by Gasteiger charge is 2.31. The van der Waals surface area contributed by atoms with Crippen LogP contribution in [0, 0.1) is 6.92 Å². The molecule has 1 aliphatic rings. The minimum absolute atomic E-state index is 0.166. The van der Waals surface area contributed by atoms with Gasteiger partial charge in [-0.25, -0.2) is 0 Å². The Hall–Kier alpha value is -1.50. The molecule has 2 aromatic rings. The van der Waals surface area contributed by atoms with Crippen molar-refractivity contribution in [2.75, 3.05) is 19.8 Å². The molecule has 5 nitrogen and oxygen atoms in total. The molecule has 3 heterocycles. The van der Waals surface area contributed by atoms with Crippen molar-refractivity contribution in [1.29, 1.82) is 0 Å². The third-order valence-corrected chi connectivity index (χ3v) is 5.02. The molecule has 0 fully saturated rings. The summed E-state index contributed by atoms with van der Waals surface area (Å²) >= 11 is 1.86. The molecule has 0 N–H and O–H groups in total. The van der Waals surface area contributed by atoms with Crippen LogP contribution in [0.5, 0.6) is 0 Å². The van der Waals surface area contributed by atoms with Gasteiger partial charge in [0.05, 0.1) is 24.9 Å². The molecule has 0 amide bonds. The van der Waals surface area contributed by atoms with E-state index in [1.54, 1.807) is 6.08 Å². The smallest absolute Gasteiger partial charge is 0.105 e. The molecule has 0 aliphatic carbocycles. The summed E-state index contributed by atoms with van der Waals surface area (Å²) in [5.74, 6) is 0. The highest BCUT2D eigenvalue weighted by Crippen LogP contribution is 2.30. The summed E-state index contributed by atoms with van der Waals surface area (Å²) < 4.78 is 7.62. The standard InChI is InChI=1S/C16H22N4OS/c1-4-9-21-11-15-16-14(19(3)18-17-16)7-8-20(15)10-13-6-5-12(2)22-13/h4-6,15H,1,7-11H2,2-3H3/t15-/m1/s1. The summed E-state index contributed by atoms with van der Waals surface area (Å²) in [6.07, 6.45) is 2.77. The molecular weight excluding hydrogens is 296 g/mol. The number of rotatable bonds is 6. The normalized spacial score (nSPS) is 18.4. The molecule has 1 aliphatic heterocycles. The van der Waals surface area contributed by atoms with E-state index in [1.807, 2.05) is 23.1 Å². The number of aromatic nitrogens is 3. The molecule has 118 valence electrons. The van der Waals surface area contributed by atoms with E-state index in [9.17, 15) is 0 Å². The molecule has 0 spiro atoms. The van der Waals surface area contributed by atoms with E-state index < -0.39 is 0 Å². The first-order valence-electron chi connectivity index (χ1n) is 7.55. The topological polar surface area (TPSA) is 43.2 Å². The Balaban J connectivity index is 1.80. The van der Waals surface area contributed by atoms with Gasteiger partial charge in [-0.2, -0.15) is 0 Å². The van der Waals surface area contributed by atoms with Crippen LogP contribution in [0.15, 0.2) is 24.8 Å². The number of nitrogens with zero attached hydrogens (tertiary/aromatic N) is 4. The van der Waals surface area contributed by atoms with Crippen molar-refractivity contribution in [1.82, 2.24) is 19.9 Å². The van der Waals surface area contributed by atoms with Gasteiger partial charge >= 0.3 is 0 Å². The highest BCUT2D eigenvalue weighted by atomic mass is 32.1. The summed E-state index contributed by atoms with van der Waals surface area (Å²) in [5.41, 5.74) is 2.29. The van der Waals surface area contributed by atoms with Crippen LogP contribution in [0.1, 0.15) is 27.2 Å². The van der Waals surface area contributed by atoms with Gasteiger partial charge in [-0.05, 0) is 19.1 Å². The van der Waals surface area contributed by atoms with Crippen LogP contribution in [-0.2, 0) is 24.8 Å². The first-order valence-corrected chi connectivity index (χ1v) is 8.37. The molecule has 0 bridgehead atoms. The third kappa shape index (κ3) is 3.14. The van der Waals surface area contributed by atoms with Crippen LogP contribution < -0.4 is 0 Å². The lowest BCUT2D eigenvalue weighted by Crippen LogP contribution is -2.37.